The predicted molar refractivity (Wildman–Crippen MR) is 76.8 cm³/mol. The van der Waals surface area contributed by atoms with Crippen molar-refractivity contribution in [3.63, 3.8) is 0 Å². The van der Waals surface area contributed by atoms with E-state index in [0.717, 1.165) is 0 Å². The number of fused-ring (bicyclic) bond motifs is 3. The van der Waals surface area contributed by atoms with Crippen LogP contribution in [-0.4, -0.2) is 38.4 Å². The summed E-state index contributed by atoms with van der Waals surface area (Å²) in [7, 11) is 1.55. The van der Waals surface area contributed by atoms with Crippen LogP contribution in [0.3, 0.4) is 0 Å². The maximum Gasteiger partial charge on any atom is 0.257 e. The van der Waals surface area contributed by atoms with Gasteiger partial charge in [-0.15, -0.1) is 0 Å². The zero-order valence-electron chi connectivity index (χ0n) is 11.4. The number of carbonyl (C=O) groups is 1. The van der Waals surface area contributed by atoms with Crippen molar-refractivity contribution >= 4 is 23.3 Å². The average molecular weight is 324 g/mol. The molecule has 0 bridgehead atoms. The monoisotopic (exact) mass is 323 g/mol. The number of amides is 1. The largest absolute Gasteiger partial charge is 0.409 e. The second-order valence-electron chi connectivity index (χ2n) is 4.81. The number of halogens is 2. The summed E-state index contributed by atoms with van der Waals surface area (Å²) in [5, 5.41) is 11.5. The lowest BCUT2D eigenvalue weighted by atomic mass is 10.1. The van der Waals surface area contributed by atoms with Gasteiger partial charge >= 0.3 is 0 Å². The average Bonchev–Trinajstić information content (AvgIpc) is 2.87. The van der Waals surface area contributed by atoms with Crippen molar-refractivity contribution < 1.29 is 14.4 Å². The van der Waals surface area contributed by atoms with Crippen molar-refractivity contribution in [1.82, 2.24) is 14.5 Å². The minimum absolute atomic E-state index is 0.0476. The molecule has 1 aliphatic heterocycles. The highest BCUT2D eigenvalue weighted by atomic mass is 35.5. The molecule has 0 saturated carbocycles. The fourth-order valence-electron chi connectivity index (χ4n) is 2.43. The third-order valence-corrected chi connectivity index (χ3v) is 3.87. The third-order valence-electron chi connectivity index (χ3n) is 3.50. The Balaban J connectivity index is 2.34. The molecular weight excluding hydrogens is 313 g/mol. The number of hydrogen-bond donors (Lipinski definition) is 2. The van der Waals surface area contributed by atoms with E-state index >= 15 is 0 Å². The zero-order chi connectivity index (χ0) is 16.0. The molecule has 22 heavy (non-hydrogen) atoms. The van der Waals surface area contributed by atoms with E-state index in [1.807, 2.05) is 0 Å². The van der Waals surface area contributed by atoms with Gasteiger partial charge in [-0.3, -0.25) is 9.36 Å². The molecule has 3 N–H and O–H groups in total. The third kappa shape index (κ3) is 1.92. The molecule has 9 heteroatoms. The SMILES string of the molecule is CN1Cc2c(C(N)=NO)ncn2-c2ccc(F)c(Cl)c2C1=O. The van der Waals surface area contributed by atoms with E-state index in [2.05, 4.69) is 10.1 Å². The van der Waals surface area contributed by atoms with E-state index in [-0.39, 0.29) is 28.7 Å². The van der Waals surface area contributed by atoms with E-state index in [9.17, 15) is 9.18 Å². The van der Waals surface area contributed by atoms with Crippen LogP contribution in [0.2, 0.25) is 5.02 Å². The van der Waals surface area contributed by atoms with Crippen LogP contribution < -0.4 is 5.73 Å². The molecule has 0 saturated heterocycles. The number of nitrogens with two attached hydrogens (primary N) is 1. The van der Waals surface area contributed by atoms with E-state index in [1.165, 1.54) is 23.4 Å². The molecule has 3 rings (SSSR count). The maximum atomic E-state index is 13.7. The normalized spacial score (nSPS) is 14.6. The van der Waals surface area contributed by atoms with Gasteiger partial charge < -0.3 is 15.8 Å². The van der Waals surface area contributed by atoms with Gasteiger partial charge in [0.2, 0.25) is 0 Å². The lowest BCUT2D eigenvalue weighted by Gasteiger charge is -2.15. The molecule has 0 radical (unpaired) electrons. The molecule has 0 fully saturated rings. The summed E-state index contributed by atoms with van der Waals surface area (Å²) in [5.74, 6) is -1.28. The molecule has 1 amide bonds. The van der Waals surface area contributed by atoms with Crippen LogP contribution in [0.5, 0.6) is 0 Å². The van der Waals surface area contributed by atoms with Gasteiger partial charge in [0.25, 0.3) is 5.91 Å². The number of rotatable bonds is 1. The molecule has 2 aromatic rings. The summed E-state index contributed by atoms with van der Waals surface area (Å²) in [5.41, 5.74) is 6.82. The summed E-state index contributed by atoms with van der Waals surface area (Å²) in [6.07, 6.45) is 1.42. The van der Waals surface area contributed by atoms with Crippen LogP contribution >= 0.6 is 11.6 Å². The first-order valence-corrected chi connectivity index (χ1v) is 6.61. The van der Waals surface area contributed by atoms with Gasteiger partial charge in [0.1, 0.15) is 17.8 Å². The quantitative estimate of drug-likeness (QED) is 0.358. The van der Waals surface area contributed by atoms with Crippen molar-refractivity contribution in [1.29, 1.82) is 0 Å². The minimum Gasteiger partial charge on any atom is -0.409 e. The van der Waals surface area contributed by atoms with Crippen LogP contribution in [0.25, 0.3) is 5.69 Å². The van der Waals surface area contributed by atoms with E-state index in [4.69, 9.17) is 22.5 Å². The van der Waals surface area contributed by atoms with Gasteiger partial charge in [-0.2, -0.15) is 0 Å². The Labute approximate surface area is 129 Å². The first-order valence-electron chi connectivity index (χ1n) is 6.23. The van der Waals surface area contributed by atoms with Crippen molar-refractivity contribution in [2.75, 3.05) is 7.05 Å². The number of nitrogens with zero attached hydrogens (tertiary/aromatic N) is 4. The Morgan fingerprint density at radius 3 is 2.95 bits per heavy atom. The first kappa shape index (κ1) is 14.3. The summed E-state index contributed by atoms with van der Waals surface area (Å²) >= 11 is 5.96. The first-order chi connectivity index (χ1) is 10.5. The van der Waals surface area contributed by atoms with Crippen molar-refractivity contribution in [2.45, 2.75) is 6.54 Å². The molecule has 0 aliphatic carbocycles. The number of amidine groups is 1. The van der Waals surface area contributed by atoms with E-state index < -0.39 is 11.7 Å². The predicted octanol–water partition coefficient (Wildman–Crippen LogP) is 1.34. The molecule has 1 aliphatic rings. The highest BCUT2D eigenvalue weighted by molar-refractivity contribution is 6.34. The summed E-state index contributed by atoms with van der Waals surface area (Å²) in [6.45, 7) is 0.150. The van der Waals surface area contributed by atoms with Gasteiger partial charge in [-0.1, -0.05) is 16.8 Å². The maximum absolute atomic E-state index is 13.7. The molecule has 114 valence electrons. The zero-order valence-corrected chi connectivity index (χ0v) is 12.2. The highest BCUT2D eigenvalue weighted by Crippen LogP contribution is 2.31. The smallest absolute Gasteiger partial charge is 0.257 e. The Morgan fingerprint density at radius 1 is 1.55 bits per heavy atom. The van der Waals surface area contributed by atoms with Crippen molar-refractivity contribution in [3.05, 3.63) is 46.3 Å². The molecule has 1 aromatic carbocycles. The number of carbonyl (C=O) groups excluding carboxylic acids is 1. The molecule has 1 aromatic heterocycles. The van der Waals surface area contributed by atoms with Crippen molar-refractivity contribution in [2.24, 2.45) is 10.9 Å². The number of hydrogen-bond acceptors (Lipinski definition) is 4. The minimum atomic E-state index is -0.678. The number of imidazole rings is 1. The number of aromatic nitrogens is 2. The molecular formula is C13H11ClFN5O2. The second kappa shape index (κ2) is 4.99. The summed E-state index contributed by atoms with van der Waals surface area (Å²) in [4.78, 5) is 17.9. The van der Waals surface area contributed by atoms with Gasteiger partial charge in [0.15, 0.2) is 5.84 Å². The molecule has 2 heterocycles. The van der Waals surface area contributed by atoms with Gasteiger partial charge in [-0.05, 0) is 12.1 Å². The number of benzene rings is 1. The van der Waals surface area contributed by atoms with Gasteiger partial charge in [0.05, 0.1) is 28.5 Å². The van der Waals surface area contributed by atoms with Crippen LogP contribution in [0.1, 0.15) is 21.7 Å². The lowest BCUT2D eigenvalue weighted by molar-refractivity contribution is 0.0787. The Hall–Kier alpha value is -2.61. The van der Waals surface area contributed by atoms with Crippen LogP contribution in [0.4, 0.5) is 4.39 Å². The topological polar surface area (TPSA) is 96.7 Å². The van der Waals surface area contributed by atoms with E-state index in [1.54, 1.807) is 11.6 Å². The van der Waals surface area contributed by atoms with Crippen LogP contribution in [0.15, 0.2) is 23.6 Å². The number of oxime groups is 1. The lowest BCUT2D eigenvalue weighted by Crippen LogP contribution is -2.27. The molecule has 0 unspecified atom stereocenters. The van der Waals surface area contributed by atoms with Gasteiger partial charge in [0, 0.05) is 7.05 Å². The fourth-order valence-corrected chi connectivity index (χ4v) is 2.67. The van der Waals surface area contributed by atoms with Crippen LogP contribution in [-0.2, 0) is 6.54 Å². The van der Waals surface area contributed by atoms with Gasteiger partial charge in [-0.25, -0.2) is 9.37 Å². The fraction of sp³-hybridized carbons (Fsp3) is 0.154. The van der Waals surface area contributed by atoms with Crippen LogP contribution in [0, 0.1) is 5.82 Å². The Kier molecular flexibility index (Phi) is 3.25. The summed E-state index contributed by atoms with van der Waals surface area (Å²) < 4.78 is 15.3. The summed E-state index contributed by atoms with van der Waals surface area (Å²) in [6, 6.07) is 2.61. The molecule has 7 nitrogen and oxygen atoms in total. The molecule has 0 spiro atoms. The van der Waals surface area contributed by atoms with E-state index in [0.29, 0.717) is 11.4 Å². The highest BCUT2D eigenvalue weighted by Gasteiger charge is 2.30. The Morgan fingerprint density at radius 2 is 2.27 bits per heavy atom. The van der Waals surface area contributed by atoms with Crippen molar-refractivity contribution in [3.8, 4) is 5.69 Å². The standard InChI is InChI=1S/C13H11ClFN5O2/c1-19-4-8-11(12(16)18-22)17-5-20(8)7-3-2-6(15)10(14)9(7)13(19)21/h2-3,5,22H,4H2,1H3,(H2,16,18). The molecule has 0 atom stereocenters. The Bertz CT molecular complexity index is 817. The second-order valence-corrected chi connectivity index (χ2v) is 5.19.